The van der Waals surface area contributed by atoms with Crippen molar-refractivity contribution >= 4 is 11.9 Å². The van der Waals surface area contributed by atoms with Gasteiger partial charge in [-0.05, 0) is 24.1 Å². The van der Waals surface area contributed by atoms with Crippen molar-refractivity contribution in [2.75, 3.05) is 47.4 Å². The van der Waals surface area contributed by atoms with Gasteiger partial charge in [0, 0.05) is 46.7 Å². The van der Waals surface area contributed by atoms with Crippen molar-refractivity contribution in [2.24, 2.45) is 0 Å². The highest BCUT2D eigenvalue weighted by Gasteiger charge is 2.24. The smallest absolute Gasteiger partial charge is 0.319 e. The Morgan fingerprint density at radius 3 is 2.39 bits per heavy atom. The lowest BCUT2D eigenvalue weighted by Gasteiger charge is -2.36. The zero-order valence-corrected chi connectivity index (χ0v) is 14.1. The van der Waals surface area contributed by atoms with Gasteiger partial charge in [-0.15, -0.1) is 0 Å². The van der Waals surface area contributed by atoms with Crippen LogP contribution in [0.25, 0.3) is 0 Å². The number of urea groups is 1. The third-order valence-corrected chi connectivity index (χ3v) is 4.05. The van der Waals surface area contributed by atoms with Crippen molar-refractivity contribution in [2.45, 2.75) is 12.8 Å². The van der Waals surface area contributed by atoms with Crippen molar-refractivity contribution in [3.8, 4) is 5.75 Å². The van der Waals surface area contributed by atoms with E-state index in [0.717, 1.165) is 11.3 Å². The number of hydrogen-bond donors (Lipinski definition) is 0. The molecule has 1 saturated heterocycles. The van der Waals surface area contributed by atoms with E-state index in [-0.39, 0.29) is 11.9 Å². The van der Waals surface area contributed by atoms with Gasteiger partial charge in [-0.3, -0.25) is 4.79 Å². The Morgan fingerprint density at radius 2 is 1.78 bits per heavy atom. The zero-order chi connectivity index (χ0) is 16.8. The maximum Gasteiger partial charge on any atom is 0.319 e. The first-order valence-corrected chi connectivity index (χ1v) is 7.88. The molecule has 0 radical (unpaired) electrons. The number of benzene rings is 1. The van der Waals surface area contributed by atoms with Crippen molar-refractivity contribution in [1.82, 2.24) is 14.7 Å². The highest BCUT2D eigenvalue weighted by atomic mass is 16.5. The second-order valence-corrected chi connectivity index (χ2v) is 5.90. The van der Waals surface area contributed by atoms with Crippen LogP contribution in [0.3, 0.4) is 0 Å². The normalized spacial score (nSPS) is 14.6. The molecule has 1 aromatic carbocycles. The summed E-state index contributed by atoms with van der Waals surface area (Å²) in [4.78, 5) is 29.4. The number of ether oxygens (including phenoxy) is 1. The molecule has 3 amide bonds. The van der Waals surface area contributed by atoms with Crippen LogP contribution < -0.4 is 4.74 Å². The summed E-state index contributed by atoms with van der Waals surface area (Å²) in [6.45, 7) is 2.41. The molecule has 0 N–H and O–H groups in total. The fourth-order valence-corrected chi connectivity index (χ4v) is 2.67. The molecule has 1 fully saturated rings. The first-order chi connectivity index (χ1) is 11.0. The molecule has 6 nitrogen and oxygen atoms in total. The van der Waals surface area contributed by atoms with Gasteiger partial charge in [-0.2, -0.15) is 0 Å². The topological polar surface area (TPSA) is 53.1 Å². The van der Waals surface area contributed by atoms with Crippen LogP contribution in [-0.2, 0) is 11.2 Å². The Balaban J connectivity index is 1.80. The molecule has 0 unspecified atom stereocenters. The summed E-state index contributed by atoms with van der Waals surface area (Å²) in [5.41, 5.74) is 1.10. The number of carbonyl (C=O) groups is 2. The maximum absolute atomic E-state index is 12.3. The fourth-order valence-electron chi connectivity index (χ4n) is 2.67. The molecule has 0 saturated carbocycles. The molecule has 1 aromatic rings. The molecule has 126 valence electrons. The van der Waals surface area contributed by atoms with E-state index in [2.05, 4.69) is 0 Å². The molecule has 23 heavy (non-hydrogen) atoms. The molecule has 0 aromatic heterocycles. The van der Waals surface area contributed by atoms with Gasteiger partial charge in [-0.1, -0.05) is 12.1 Å². The third-order valence-electron chi connectivity index (χ3n) is 4.05. The quantitative estimate of drug-likeness (QED) is 0.844. The minimum atomic E-state index is 0.00785. The second kappa shape index (κ2) is 7.85. The van der Waals surface area contributed by atoms with Crippen molar-refractivity contribution in [1.29, 1.82) is 0 Å². The zero-order valence-electron chi connectivity index (χ0n) is 14.1. The second-order valence-electron chi connectivity index (χ2n) is 5.90. The first kappa shape index (κ1) is 17.1. The molecule has 0 spiro atoms. The van der Waals surface area contributed by atoms with Crippen LogP contribution in [0.4, 0.5) is 4.79 Å². The van der Waals surface area contributed by atoms with E-state index in [0.29, 0.717) is 39.0 Å². The SMILES string of the molecule is COc1cccc(CCC(=O)N2CCN(C(=O)N(C)C)CC2)c1. The number of methoxy groups -OCH3 is 1. The molecule has 6 heteroatoms. The summed E-state index contributed by atoms with van der Waals surface area (Å²) >= 11 is 0. The summed E-state index contributed by atoms with van der Waals surface area (Å²) in [6, 6.07) is 7.80. The van der Waals surface area contributed by atoms with Gasteiger partial charge in [0.2, 0.25) is 5.91 Å². The standard InChI is InChI=1S/C17H25N3O3/c1-18(2)17(22)20-11-9-19(10-12-20)16(21)8-7-14-5-4-6-15(13-14)23-3/h4-6,13H,7-12H2,1-3H3. The molecular weight excluding hydrogens is 294 g/mol. The third kappa shape index (κ3) is 4.61. The lowest BCUT2D eigenvalue weighted by molar-refractivity contribution is -0.132. The molecular formula is C17H25N3O3. The van der Waals surface area contributed by atoms with Gasteiger partial charge < -0.3 is 19.4 Å². The van der Waals surface area contributed by atoms with Crippen LogP contribution in [-0.4, -0.2) is 74.0 Å². The number of aryl methyl sites for hydroxylation is 1. The van der Waals surface area contributed by atoms with Crippen LogP contribution >= 0.6 is 0 Å². The molecule has 1 aliphatic rings. The molecule has 0 atom stereocenters. The van der Waals surface area contributed by atoms with Gasteiger partial charge in [0.05, 0.1) is 7.11 Å². The van der Waals surface area contributed by atoms with Crippen LogP contribution in [0, 0.1) is 0 Å². The van der Waals surface area contributed by atoms with E-state index in [9.17, 15) is 9.59 Å². The predicted molar refractivity (Wildman–Crippen MR) is 88.6 cm³/mol. The van der Waals surface area contributed by atoms with Gasteiger partial charge in [0.25, 0.3) is 0 Å². The molecule has 0 bridgehead atoms. The highest BCUT2D eigenvalue weighted by Crippen LogP contribution is 2.15. The van der Waals surface area contributed by atoms with Crippen molar-refractivity contribution in [3.63, 3.8) is 0 Å². The number of piperazine rings is 1. The number of nitrogens with zero attached hydrogens (tertiary/aromatic N) is 3. The Labute approximate surface area is 137 Å². The average molecular weight is 319 g/mol. The van der Waals surface area contributed by atoms with Crippen LogP contribution in [0.5, 0.6) is 5.75 Å². The highest BCUT2D eigenvalue weighted by molar-refractivity contribution is 5.77. The monoisotopic (exact) mass is 319 g/mol. The minimum Gasteiger partial charge on any atom is -0.497 e. The van der Waals surface area contributed by atoms with Crippen LogP contribution in [0.15, 0.2) is 24.3 Å². The summed E-state index contributed by atoms with van der Waals surface area (Å²) in [5, 5.41) is 0. The Kier molecular flexibility index (Phi) is 5.84. The van der Waals surface area contributed by atoms with E-state index in [1.54, 1.807) is 31.0 Å². The summed E-state index contributed by atoms with van der Waals surface area (Å²) in [6.07, 6.45) is 1.18. The summed E-state index contributed by atoms with van der Waals surface area (Å²) in [5.74, 6) is 0.954. The van der Waals surface area contributed by atoms with Crippen LogP contribution in [0.1, 0.15) is 12.0 Å². The minimum absolute atomic E-state index is 0.00785. The van der Waals surface area contributed by atoms with E-state index < -0.39 is 0 Å². The van der Waals surface area contributed by atoms with Gasteiger partial charge in [0.15, 0.2) is 0 Å². The fraction of sp³-hybridized carbons (Fsp3) is 0.529. The molecule has 2 rings (SSSR count). The number of rotatable bonds is 4. The van der Waals surface area contributed by atoms with Crippen molar-refractivity contribution < 1.29 is 14.3 Å². The van der Waals surface area contributed by atoms with Gasteiger partial charge in [0.1, 0.15) is 5.75 Å². The average Bonchev–Trinajstić information content (AvgIpc) is 2.59. The van der Waals surface area contributed by atoms with Gasteiger partial charge in [-0.25, -0.2) is 4.79 Å². The van der Waals surface area contributed by atoms with Crippen molar-refractivity contribution in [3.05, 3.63) is 29.8 Å². The lowest BCUT2D eigenvalue weighted by atomic mass is 10.1. The molecule has 1 aliphatic heterocycles. The lowest BCUT2D eigenvalue weighted by Crippen LogP contribution is -2.52. The number of carbonyl (C=O) groups excluding carboxylic acids is 2. The van der Waals surface area contributed by atoms with E-state index >= 15 is 0 Å². The van der Waals surface area contributed by atoms with E-state index in [1.165, 1.54) is 0 Å². The summed E-state index contributed by atoms with van der Waals surface area (Å²) < 4.78 is 5.19. The molecule has 1 heterocycles. The Morgan fingerprint density at radius 1 is 1.13 bits per heavy atom. The van der Waals surface area contributed by atoms with Crippen LogP contribution in [0.2, 0.25) is 0 Å². The Hall–Kier alpha value is -2.24. The first-order valence-electron chi connectivity index (χ1n) is 7.88. The predicted octanol–water partition coefficient (Wildman–Crippen LogP) is 1.45. The number of amides is 3. The number of hydrogen-bond acceptors (Lipinski definition) is 3. The summed E-state index contributed by atoms with van der Waals surface area (Å²) in [7, 11) is 5.13. The van der Waals surface area contributed by atoms with E-state index in [4.69, 9.17) is 4.74 Å². The largest absolute Gasteiger partial charge is 0.497 e. The van der Waals surface area contributed by atoms with E-state index in [1.807, 2.05) is 29.2 Å². The Bertz CT molecular complexity index is 552. The molecule has 0 aliphatic carbocycles. The van der Waals surface area contributed by atoms with Gasteiger partial charge >= 0.3 is 6.03 Å². The maximum atomic E-state index is 12.3.